The van der Waals surface area contributed by atoms with E-state index in [1.807, 2.05) is 0 Å². The topological polar surface area (TPSA) is 23.8 Å². The first-order chi connectivity index (χ1) is 5.66. The summed E-state index contributed by atoms with van der Waals surface area (Å²) in [4.78, 5) is 0. The highest BCUT2D eigenvalue weighted by Gasteiger charge is 2.14. The minimum absolute atomic E-state index is 0.126. The van der Waals surface area contributed by atoms with Gasteiger partial charge in [-0.15, -0.1) is 11.6 Å². The number of rotatable bonds is 1. The summed E-state index contributed by atoms with van der Waals surface area (Å²) in [5, 5.41) is 7.19. The summed E-state index contributed by atoms with van der Waals surface area (Å²) in [5.74, 6) is -2.05. The van der Waals surface area contributed by atoms with Crippen LogP contribution in [0.25, 0.3) is 0 Å². The molecule has 1 unspecified atom stereocenters. The van der Waals surface area contributed by atoms with Crippen LogP contribution in [0.1, 0.15) is 10.9 Å². The molecule has 0 bridgehead atoms. The summed E-state index contributed by atoms with van der Waals surface area (Å²) in [7, 11) is 0. The van der Waals surface area contributed by atoms with Crippen molar-refractivity contribution in [2.24, 2.45) is 0 Å². The molecule has 62 valence electrons. The number of hydrogen-bond acceptors (Lipinski definition) is 1. The van der Waals surface area contributed by atoms with E-state index in [-0.39, 0.29) is 5.56 Å². The van der Waals surface area contributed by atoms with Crippen LogP contribution in [0.2, 0.25) is 0 Å². The summed E-state index contributed by atoms with van der Waals surface area (Å²) in [6, 6.07) is 5.16. The molecule has 0 saturated heterocycles. The Labute approximate surface area is 73.2 Å². The highest BCUT2D eigenvalue weighted by atomic mass is 35.5. The Balaban J connectivity index is 3.18. The third kappa shape index (κ3) is 1.54. The van der Waals surface area contributed by atoms with Gasteiger partial charge in [0.1, 0.15) is 5.38 Å². The first kappa shape index (κ1) is 8.95. The number of benzene rings is 1. The molecule has 0 amide bonds. The Kier molecular flexibility index (Phi) is 2.61. The molecule has 1 atom stereocenters. The van der Waals surface area contributed by atoms with Gasteiger partial charge in [0.25, 0.3) is 0 Å². The van der Waals surface area contributed by atoms with Crippen LogP contribution in [0.3, 0.4) is 0 Å². The van der Waals surface area contributed by atoms with E-state index >= 15 is 0 Å². The molecule has 0 aromatic heterocycles. The zero-order valence-corrected chi connectivity index (χ0v) is 6.65. The molecule has 0 aliphatic carbocycles. The normalized spacial score (nSPS) is 12.2. The monoisotopic (exact) mass is 187 g/mol. The van der Waals surface area contributed by atoms with Crippen molar-refractivity contribution in [3.05, 3.63) is 35.4 Å². The van der Waals surface area contributed by atoms with E-state index in [1.165, 1.54) is 12.1 Å². The predicted molar refractivity (Wildman–Crippen MR) is 40.6 cm³/mol. The average Bonchev–Trinajstić information content (AvgIpc) is 2.08. The summed E-state index contributed by atoms with van der Waals surface area (Å²) in [6.45, 7) is 0. The smallest absolute Gasteiger partial charge is 0.164 e. The molecule has 4 heteroatoms. The van der Waals surface area contributed by atoms with Gasteiger partial charge in [-0.1, -0.05) is 12.1 Å². The average molecular weight is 188 g/mol. The largest absolute Gasteiger partial charge is 0.204 e. The lowest BCUT2D eigenvalue weighted by molar-refractivity contribution is 0.500. The van der Waals surface area contributed by atoms with E-state index in [4.69, 9.17) is 16.9 Å². The molecular weight excluding hydrogens is 184 g/mol. The first-order valence-electron chi connectivity index (χ1n) is 3.14. The van der Waals surface area contributed by atoms with Gasteiger partial charge in [0.2, 0.25) is 0 Å². The molecule has 1 aromatic carbocycles. The number of alkyl halides is 1. The van der Waals surface area contributed by atoms with Crippen molar-refractivity contribution in [1.29, 1.82) is 5.26 Å². The van der Waals surface area contributed by atoms with Crippen molar-refractivity contribution in [3.63, 3.8) is 0 Å². The Bertz CT molecular complexity index is 332. The van der Waals surface area contributed by atoms with E-state index in [2.05, 4.69) is 0 Å². The highest BCUT2D eigenvalue weighted by molar-refractivity contribution is 6.22. The van der Waals surface area contributed by atoms with Crippen LogP contribution in [0.5, 0.6) is 0 Å². The van der Waals surface area contributed by atoms with Crippen LogP contribution in [0.4, 0.5) is 8.78 Å². The molecule has 0 fully saturated rings. The van der Waals surface area contributed by atoms with Gasteiger partial charge in [0.15, 0.2) is 11.6 Å². The first-order valence-corrected chi connectivity index (χ1v) is 3.58. The summed E-state index contributed by atoms with van der Waals surface area (Å²) < 4.78 is 25.4. The minimum Gasteiger partial charge on any atom is -0.204 e. The van der Waals surface area contributed by atoms with Gasteiger partial charge in [-0.2, -0.15) is 5.26 Å². The van der Waals surface area contributed by atoms with Gasteiger partial charge in [0.05, 0.1) is 6.07 Å². The summed E-state index contributed by atoms with van der Waals surface area (Å²) >= 11 is 5.40. The number of nitrogens with zero attached hydrogens (tertiary/aromatic N) is 1. The number of hydrogen-bond donors (Lipinski definition) is 0. The second kappa shape index (κ2) is 3.51. The maximum atomic E-state index is 12.8. The fourth-order valence-electron chi connectivity index (χ4n) is 0.786. The van der Waals surface area contributed by atoms with Gasteiger partial charge in [-0.05, 0) is 6.07 Å². The molecule has 0 spiro atoms. The van der Waals surface area contributed by atoms with Crippen molar-refractivity contribution < 1.29 is 8.78 Å². The predicted octanol–water partition coefficient (Wildman–Crippen LogP) is 2.77. The molecular formula is C8H4ClF2N. The Morgan fingerprint density at radius 2 is 2.08 bits per heavy atom. The quantitative estimate of drug-likeness (QED) is 0.621. The van der Waals surface area contributed by atoms with Crippen LogP contribution in [-0.4, -0.2) is 0 Å². The van der Waals surface area contributed by atoms with E-state index in [0.29, 0.717) is 0 Å². The van der Waals surface area contributed by atoms with Crippen molar-refractivity contribution in [2.75, 3.05) is 0 Å². The third-order valence-corrected chi connectivity index (χ3v) is 1.70. The van der Waals surface area contributed by atoms with Crippen LogP contribution in [0.15, 0.2) is 18.2 Å². The molecule has 1 nitrogen and oxygen atoms in total. The fraction of sp³-hybridized carbons (Fsp3) is 0.125. The van der Waals surface area contributed by atoms with Gasteiger partial charge in [-0.3, -0.25) is 0 Å². The molecule has 0 N–H and O–H groups in total. The molecule has 0 aliphatic rings. The highest BCUT2D eigenvalue weighted by Crippen LogP contribution is 2.23. The summed E-state index contributed by atoms with van der Waals surface area (Å²) in [5.41, 5.74) is -0.126. The molecule has 0 aliphatic heterocycles. The van der Waals surface area contributed by atoms with Crippen LogP contribution in [-0.2, 0) is 0 Å². The van der Waals surface area contributed by atoms with Crippen molar-refractivity contribution in [3.8, 4) is 6.07 Å². The van der Waals surface area contributed by atoms with Gasteiger partial charge >= 0.3 is 0 Å². The van der Waals surface area contributed by atoms with Crippen molar-refractivity contribution in [2.45, 2.75) is 5.38 Å². The molecule has 0 radical (unpaired) electrons. The zero-order valence-electron chi connectivity index (χ0n) is 5.89. The maximum absolute atomic E-state index is 12.8. The van der Waals surface area contributed by atoms with Crippen LogP contribution >= 0.6 is 11.6 Å². The van der Waals surface area contributed by atoms with Gasteiger partial charge in [-0.25, -0.2) is 8.78 Å². The van der Waals surface area contributed by atoms with Crippen LogP contribution < -0.4 is 0 Å². The lowest BCUT2D eigenvalue weighted by Crippen LogP contribution is -1.94. The van der Waals surface area contributed by atoms with Crippen molar-refractivity contribution in [1.82, 2.24) is 0 Å². The van der Waals surface area contributed by atoms with E-state index in [9.17, 15) is 8.78 Å². The molecule has 0 heterocycles. The zero-order chi connectivity index (χ0) is 9.14. The van der Waals surface area contributed by atoms with E-state index in [0.717, 1.165) is 6.07 Å². The third-order valence-electron chi connectivity index (χ3n) is 1.37. The van der Waals surface area contributed by atoms with E-state index in [1.54, 1.807) is 6.07 Å². The minimum atomic E-state index is -1.14. The molecule has 12 heavy (non-hydrogen) atoms. The molecule has 0 saturated carbocycles. The van der Waals surface area contributed by atoms with Gasteiger partial charge < -0.3 is 0 Å². The Hall–Kier alpha value is -1.14. The lowest BCUT2D eigenvalue weighted by atomic mass is 10.1. The van der Waals surface area contributed by atoms with Crippen LogP contribution in [0, 0.1) is 23.0 Å². The number of nitriles is 1. The molecule has 1 rings (SSSR count). The second-order valence-corrected chi connectivity index (χ2v) is 2.57. The lowest BCUT2D eigenvalue weighted by Gasteiger charge is -2.02. The van der Waals surface area contributed by atoms with E-state index < -0.39 is 17.0 Å². The maximum Gasteiger partial charge on any atom is 0.164 e. The Morgan fingerprint density at radius 1 is 1.42 bits per heavy atom. The fourth-order valence-corrected chi connectivity index (χ4v) is 0.954. The van der Waals surface area contributed by atoms with Gasteiger partial charge in [0, 0.05) is 5.56 Å². The number of halogens is 3. The summed E-state index contributed by atoms with van der Waals surface area (Å²) in [6.07, 6.45) is 0. The second-order valence-electron chi connectivity index (χ2n) is 2.13. The SMILES string of the molecule is N#CC(Cl)c1cccc(F)c1F. The van der Waals surface area contributed by atoms with Crippen molar-refractivity contribution >= 4 is 11.6 Å². The molecule has 1 aromatic rings. The Morgan fingerprint density at radius 3 is 2.67 bits per heavy atom. The standard InChI is InChI=1S/C8H4ClF2N/c9-6(4-12)5-2-1-3-7(10)8(5)11/h1-3,6H.